The minimum absolute atomic E-state index is 0.786. The molecule has 0 amide bonds. The molecule has 0 radical (unpaired) electrons. The molecule has 1 aliphatic rings. The molecule has 0 N–H and O–H groups in total. The van der Waals surface area contributed by atoms with Crippen LogP contribution in [0.1, 0.15) is 88.3 Å². The third kappa shape index (κ3) is 7.56. The highest BCUT2D eigenvalue weighted by Gasteiger charge is 2.20. The summed E-state index contributed by atoms with van der Waals surface area (Å²) >= 11 is 0. The largest absolute Gasteiger partial charge is 0.494 e. The fourth-order valence-electron chi connectivity index (χ4n) is 4.46. The Bertz CT molecular complexity index is 783. The van der Waals surface area contributed by atoms with Crippen molar-refractivity contribution in [2.75, 3.05) is 6.61 Å². The standard InChI is InChI=1S/C29H38O/c1-3-5-23-30-29-21-19-28(20-22-29)18-17-27-15-13-26(14-16-27)12-11-25-9-7-24(6-4-2)8-10-25/h13-16,19-22,24-25H,3-12,23H2,1-2H3/t24-,25-. The molecular formula is C29H38O. The van der Waals surface area contributed by atoms with E-state index in [-0.39, 0.29) is 0 Å². The van der Waals surface area contributed by atoms with Crippen molar-refractivity contribution in [1.29, 1.82) is 0 Å². The molecule has 0 bridgehead atoms. The van der Waals surface area contributed by atoms with E-state index in [0.29, 0.717) is 0 Å². The first-order valence-electron chi connectivity index (χ1n) is 12.1. The number of hydrogen-bond donors (Lipinski definition) is 0. The van der Waals surface area contributed by atoms with E-state index >= 15 is 0 Å². The highest BCUT2D eigenvalue weighted by molar-refractivity contribution is 5.44. The second-order valence-electron chi connectivity index (χ2n) is 8.89. The zero-order chi connectivity index (χ0) is 21.0. The fraction of sp³-hybridized carbons (Fsp3) is 0.517. The number of benzene rings is 2. The molecule has 0 aromatic heterocycles. The maximum absolute atomic E-state index is 5.71. The van der Waals surface area contributed by atoms with Crippen molar-refractivity contribution in [2.45, 2.75) is 78.1 Å². The first-order chi connectivity index (χ1) is 14.8. The van der Waals surface area contributed by atoms with Crippen LogP contribution in [0.15, 0.2) is 48.5 Å². The molecular weight excluding hydrogens is 364 g/mol. The van der Waals surface area contributed by atoms with Gasteiger partial charge in [0.1, 0.15) is 5.75 Å². The van der Waals surface area contributed by atoms with Crippen LogP contribution in [0.3, 0.4) is 0 Å². The predicted molar refractivity (Wildman–Crippen MR) is 128 cm³/mol. The van der Waals surface area contributed by atoms with Crippen molar-refractivity contribution < 1.29 is 4.74 Å². The maximum Gasteiger partial charge on any atom is 0.119 e. The smallest absolute Gasteiger partial charge is 0.119 e. The molecule has 0 aliphatic heterocycles. The van der Waals surface area contributed by atoms with Crippen LogP contribution in [0, 0.1) is 23.7 Å². The Morgan fingerprint density at radius 2 is 1.30 bits per heavy atom. The Hall–Kier alpha value is -2.20. The molecule has 1 nitrogen and oxygen atoms in total. The van der Waals surface area contributed by atoms with Gasteiger partial charge in [-0.05, 0) is 73.1 Å². The van der Waals surface area contributed by atoms with Crippen LogP contribution in [0.5, 0.6) is 5.75 Å². The van der Waals surface area contributed by atoms with Gasteiger partial charge in [-0.2, -0.15) is 0 Å². The predicted octanol–water partition coefficient (Wildman–Crippen LogP) is 7.80. The van der Waals surface area contributed by atoms with Crippen molar-refractivity contribution in [3.63, 3.8) is 0 Å². The number of rotatable bonds is 9. The van der Waals surface area contributed by atoms with Crippen LogP contribution >= 0.6 is 0 Å². The van der Waals surface area contributed by atoms with Gasteiger partial charge in [0, 0.05) is 11.1 Å². The SMILES string of the molecule is CCCCOc1ccc(C#Cc2ccc(CC[C@H]3CC[C@H](CCC)CC3)cc2)cc1. The van der Waals surface area contributed by atoms with Gasteiger partial charge in [-0.1, -0.05) is 82.8 Å². The molecule has 0 unspecified atom stereocenters. The Labute approximate surface area is 184 Å². The molecule has 0 atom stereocenters. The van der Waals surface area contributed by atoms with Crippen molar-refractivity contribution >= 4 is 0 Å². The molecule has 3 rings (SSSR count). The Morgan fingerprint density at radius 1 is 0.733 bits per heavy atom. The lowest BCUT2D eigenvalue weighted by Gasteiger charge is -2.28. The number of unbranched alkanes of at least 4 members (excludes halogenated alkanes) is 1. The summed E-state index contributed by atoms with van der Waals surface area (Å²) in [5.74, 6) is 9.43. The summed E-state index contributed by atoms with van der Waals surface area (Å²) in [6.45, 7) is 5.28. The highest BCUT2D eigenvalue weighted by atomic mass is 16.5. The van der Waals surface area contributed by atoms with Crippen LogP contribution < -0.4 is 4.74 Å². The highest BCUT2D eigenvalue weighted by Crippen LogP contribution is 2.33. The van der Waals surface area contributed by atoms with Crippen LogP contribution in [0.25, 0.3) is 0 Å². The van der Waals surface area contributed by atoms with Gasteiger partial charge in [-0.15, -0.1) is 0 Å². The monoisotopic (exact) mass is 402 g/mol. The zero-order valence-electron chi connectivity index (χ0n) is 19.0. The van der Waals surface area contributed by atoms with E-state index < -0.39 is 0 Å². The summed E-state index contributed by atoms with van der Waals surface area (Å²) in [6, 6.07) is 17.0. The minimum atomic E-state index is 0.786. The van der Waals surface area contributed by atoms with E-state index in [1.807, 2.05) is 24.3 Å². The molecule has 2 aromatic carbocycles. The van der Waals surface area contributed by atoms with Gasteiger partial charge >= 0.3 is 0 Å². The lowest BCUT2D eigenvalue weighted by atomic mass is 9.78. The van der Waals surface area contributed by atoms with Crippen molar-refractivity contribution in [2.24, 2.45) is 11.8 Å². The first kappa shape index (κ1) is 22.5. The van der Waals surface area contributed by atoms with E-state index in [9.17, 15) is 0 Å². The van der Waals surface area contributed by atoms with Gasteiger partial charge in [0.25, 0.3) is 0 Å². The molecule has 1 aliphatic carbocycles. The minimum Gasteiger partial charge on any atom is -0.494 e. The van der Waals surface area contributed by atoms with Crippen molar-refractivity contribution in [1.82, 2.24) is 0 Å². The molecule has 2 aromatic rings. The molecule has 0 heterocycles. The molecule has 1 fully saturated rings. The zero-order valence-corrected chi connectivity index (χ0v) is 19.0. The van der Waals surface area contributed by atoms with Crippen molar-refractivity contribution in [3.05, 3.63) is 65.2 Å². The molecule has 1 saturated carbocycles. The van der Waals surface area contributed by atoms with Crippen molar-refractivity contribution in [3.8, 4) is 17.6 Å². The van der Waals surface area contributed by atoms with E-state index in [1.165, 1.54) is 56.9 Å². The van der Waals surface area contributed by atoms with Gasteiger partial charge < -0.3 is 4.74 Å². The first-order valence-corrected chi connectivity index (χ1v) is 12.1. The third-order valence-electron chi connectivity index (χ3n) is 6.43. The van der Waals surface area contributed by atoms with Gasteiger partial charge in [0.15, 0.2) is 0 Å². The lowest BCUT2D eigenvalue weighted by molar-refractivity contribution is 0.252. The summed E-state index contributed by atoms with van der Waals surface area (Å²) in [5, 5.41) is 0. The van der Waals surface area contributed by atoms with Gasteiger partial charge in [-0.3, -0.25) is 0 Å². The van der Waals surface area contributed by atoms with Gasteiger partial charge in [-0.25, -0.2) is 0 Å². The van der Waals surface area contributed by atoms with Crippen LogP contribution in [-0.2, 0) is 6.42 Å². The van der Waals surface area contributed by atoms with Crippen LogP contribution in [0.4, 0.5) is 0 Å². The molecule has 160 valence electrons. The quantitative estimate of drug-likeness (QED) is 0.307. The number of hydrogen-bond acceptors (Lipinski definition) is 1. The molecule has 1 heteroatoms. The summed E-state index contributed by atoms with van der Waals surface area (Å²) in [7, 11) is 0. The Kier molecular flexibility index (Phi) is 9.36. The van der Waals surface area contributed by atoms with Crippen LogP contribution in [-0.4, -0.2) is 6.61 Å². The van der Waals surface area contributed by atoms with E-state index in [2.05, 4.69) is 50.0 Å². The summed E-state index contributed by atoms with van der Waals surface area (Å²) in [6.07, 6.45) is 13.4. The maximum atomic E-state index is 5.71. The molecule has 30 heavy (non-hydrogen) atoms. The number of ether oxygens (including phenoxy) is 1. The Morgan fingerprint density at radius 3 is 1.87 bits per heavy atom. The van der Waals surface area contributed by atoms with Crippen LogP contribution in [0.2, 0.25) is 0 Å². The normalized spacial score (nSPS) is 18.5. The second-order valence-corrected chi connectivity index (χ2v) is 8.89. The topological polar surface area (TPSA) is 9.23 Å². The Balaban J connectivity index is 1.44. The van der Waals surface area contributed by atoms with Gasteiger partial charge in [0.05, 0.1) is 6.61 Å². The lowest BCUT2D eigenvalue weighted by Crippen LogP contribution is -2.15. The summed E-state index contributed by atoms with van der Waals surface area (Å²) in [4.78, 5) is 0. The summed E-state index contributed by atoms with van der Waals surface area (Å²) in [5.41, 5.74) is 3.56. The van der Waals surface area contributed by atoms with E-state index in [0.717, 1.165) is 48.2 Å². The summed E-state index contributed by atoms with van der Waals surface area (Å²) < 4.78 is 5.71. The average Bonchev–Trinajstić information content (AvgIpc) is 2.79. The average molecular weight is 403 g/mol. The van der Waals surface area contributed by atoms with E-state index in [4.69, 9.17) is 4.74 Å². The fourth-order valence-corrected chi connectivity index (χ4v) is 4.46. The third-order valence-corrected chi connectivity index (χ3v) is 6.43. The molecule has 0 saturated heterocycles. The second kappa shape index (κ2) is 12.5. The van der Waals surface area contributed by atoms with E-state index in [1.54, 1.807) is 0 Å². The molecule has 0 spiro atoms. The number of aryl methyl sites for hydroxylation is 1. The van der Waals surface area contributed by atoms with Gasteiger partial charge in [0.2, 0.25) is 0 Å².